The van der Waals surface area contributed by atoms with Crippen LogP contribution < -0.4 is 0 Å². The van der Waals surface area contributed by atoms with E-state index in [1.54, 1.807) is 0 Å². The van der Waals surface area contributed by atoms with Gasteiger partial charge < -0.3 is 14.3 Å². The minimum atomic E-state index is -0.217. The van der Waals surface area contributed by atoms with Gasteiger partial charge in [-0.3, -0.25) is 0 Å². The van der Waals surface area contributed by atoms with Gasteiger partial charge in [-0.25, -0.2) is 0 Å². The minimum Gasteiger partial charge on any atom is -0.473 e. The van der Waals surface area contributed by atoms with E-state index in [1.165, 1.54) is 6.54 Å². The van der Waals surface area contributed by atoms with Gasteiger partial charge in [0.05, 0.1) is 19.9 Å². The molecule has 0 aromatic heterocycles. The van der Waals surface area contributed by atoms with Crippen molar-refractivity contribution in [2.75, 3.05) is 27.4 Å². The van der Waals surface area contributed by atoms with Crippen LogP contribution in [-0.2, 0) is 4.74 Å². The lowest BCUT2D eigenvalue weighted by Gasteiger charge is -2.04. The topological polar surface area (TPSA) is 29.5 Å². The molecule has 12 heavy (non-hydrogen) atoms. The normalized spacial score (nSPS) is 27.0. The van der Waals surface area contributed by atoms with Crippen molar-refractivity contribution in [2.45, 2.75) is 19.4 Å². The van der Waals surface area contributed by atoms with Crippen LogP contribution in [0.2, 0.25) is 0 Å². The molecule has 1 unspecified atom stereocenters. The van der Waals surface area contributed by atoms with Gasteiger partial charge in [-0.05, 0) is 13.0 Å². The zero-order valence-electron chi connectivity index (χ0n) is 8.08. The van der Waals surface area contributed by atoms with E-state index in [9.17, 15) is 0 Å². The molecule has 0 amide bonds. The number of rotatable bonds is 4. The van der Waals surface area contributed by atoms with Crippen LogP contribution in [0.3, 0.4) is 0 Å². The number of hydrogen-bond donors (Lipinski definition) is 1. The number of likely N-dealkylation sites (N-methyl/N-ethyl adjacent to an activating group) is 1. The fourth-order valence-electron chi connectivity index (χ4n) is 1.32. The van der Waals surface area contributed by atoms with Crippen molar-refractivity contribution in [2.24, 2.45) is 0 Å². The summed E-state index contributed by atoms with van der Waals surface area (Å²) in [5.41, 5.74) is 0. The highest BCUT2D eigenvalue weighted by atomic mass is 16.6. The van der Waals surface area contributed by atoms with Crippen LogP contribution in [0, 0.1) is 0 Å². The fraction of sp³-hybridized carbons (Fsp3) is 0.778. The highest BCUT2D eigenvalue weighted by Crippen LogP contribution is 2.27. The van der Waals surface area contributed by atoms with Gasteiger partial charge in [0, 0.05) is 6.42 Å². The van der Waals surface area contributed by atoms with Crippen molar-refractivity contribution >= 4 is 0 Å². The first kappa shape index (κ1) is 9.55. The molecule has 1 fully saturated rings. The average Bonchev–Trinajstić information content (AvgIpc) is 2.56. The van der Waals surface area contributed by atoms with Crippen molar-refractivity contribution in [1.29, 1.82) is 0 Å². The number of nitrogens with zero attached hydrogens (tertiary/aromatic N) is 1. The van der Waals surface area contributed by atoms with Crippen LogP contribution in [0.1, 0.15) is 13.3 Å². The van der Waals surface area contributed by atoms with Gasteiger partial charge in [0.1, 0.15) is 12.6 Å². The molecule has 1 aliphatic heterocycles. The molecule has 3 heteroatoms. The Labute approximate surface area is 73.8 Å². The maximum Gasteiger partial charge on any atom is 0.185 e. The summed E-state index contributed by atoms with van der Waals surface area (Å²) in [4.78, 5) is 0. The average molecular weight is 172 g/mol. The summed E-state index contributed by atoms with van der Waals surface area (Å²) in [6.45, 7) is 2.91. The number of aliphatic hydroxyl groups is 1. The number of quaternary nitrogens is 1. The smallest absolute Gasteiger partial charge is 0.185 e. The molecule has 0 aromatic rings. The Kier molecular flexibility index (Phi) is 2.75. The molecule has 1 aliphatic rings. The molecule has 0 spiro atoms. The molecule has 0 aliphatic carbocycles. The summed E-state index contributed by atoms with van der Waals surface area (Å²) in [6.07, 6.45) is 3.10. The predicted molar refractivity (Wildman–Crippen MR) is 47.3 cm³/mol. The van der Waals surface area contributed by atoms with Crippen LogP contribution in [0.25, 0.3) is 0 Å². The second-order valence-corrected chi connectivity index (χ2v) is 3.94. The van der Waals surface area contributed by atoms with E-state index in [1.807, 2.05) is 13.0 Å². The fourth-order valence-corrected chi connectivity index (χ4v) is 1.32. The Balaban J connectivity index is 2.21. The van der Waals surface area contributed by atoms with E-state index in [4.69, 9.17) is 9.84 Å². The molecule has 1 atom stereocenters. The summed E-state index contributed by atoms with van der Waals surface area (Å²) in [5, 5.41) is 8.45. The molecule has 3 nitrogen and oxygen atoms in total. The van der Waals surface area contributed by atoms with E-state index < -0.39 is 0 Å². The first-order valence-corrected chi connectivity index (χ1v) is 4.29. The van der Waals surface area contributed by atoms with E-state index in [-0.39, 0.29) is 6.79 Å². The lowest BCUT2D eigenvalue weighted by atomic mass is 10.3. The van der Waals surface area contributed by atoms with Crippen molar-refractivity contribution in [1.82, 2.24) is 0 Å². The molecule has 70 valence electrons. The van der Waals surface area contributed by atoms with Crippen molar-refractivity contribution in [3.05, 3.63) is 11.8 Å². The highest BCUT2D eigenvalue weighted by Gasteiger charge is 2.45. The zero-order valence-corrected chi connectivity index (χ0v) is 8.08. The highest BCUT2D eigenvalue weighted by molar-refractivity contribution is 4.92. The Bertz CT molecular complexity index is 187. The van der Waals surface area contributed by atoms with Crippen LogP contribution in [0.4, 0.5) is 0 Å². The summed E-state index contributed by atoms with van der Waals surface area (Å²) in [6, 6.07) is 0.752. The SMILES string of the molecule is C/C(=C\CC1C[N+]1(C)C)OCO. The van der Waals surface area contributed by atoms with Crippen molar-refractivity contribution in [3.8, 4) is 0 Å². The van der Waals surface area contributed by atoms with Crippen LogP contribution >= 0.6 is 0 Å². The Morgan fingerprint density at radius 2 is 2.25 bits per heavy atom. The van der Waals surface area contributed by atoms with Crippen LogP contribution in [0.15, 0.2) is 11.8 Å². The van der Waals surface area contributed by atoms with Gasteiger partial charge in [0.2, 0.25) is 0 Å². The number of ether oxygens (including phenoxy) is 1. The molecule has 0 aromatic carbocycles. The second-order valence-electron chi connectivity index (χ2n) is 3.94. The second kappa shape index (κ2) is 3.46. The molecular formula is C9H18NO2+. The largest absolute Gasteiger partial charge is 0.473 e. The maximum absolute atomic E-state index is 8.45. The summed E-state index contributed by atoms with van der Waals surface area (Å²) >= 11 is 0. The molecule has 1 rings (SSSR count). The lowest BCUT2D eigenvalue weighted by Crippen LogP contribution is -2.15. The Morgan fingerprint density at radius 1 is 1.67 bits per heavy atom. The lowest BCUT2D eigenvalue weighted by molar-refractivity contribution is -0.768. The first-order valence-electron chi connectivity index (χ1n) is 4.29. The Hall–Kier alpha value is -0.540. The molecule has 1 heterocycles. The molecule has 0 radical (unpaired) electrons. The standard InChI is InChI=1S/C9H18NO2/c1-8(12-7-11)4-5-9-6-10(9,2)3/h4,9,11H,5-7H2,1-3H3/q+1/b8-4+. The molecule has 1 N–H and O–H groups in total. The van der Waals surface area contributed by atoms with Gasteiger partial charge in [-0.1, -0.05) is 0 Å². The predicted octanol–water partition coefficient (Wildman–Crippen LogP) is 0.705. The van der Waals surface area contributed by atoms with Crippen LogP contribution in [0.5, 0.6) is 0 Å². The number of hydrogen-bond acceptors (Lipinski definition) is 2. The van der Waals surface area contributed by atoms with Crippen LogP contribution in [-0.4, -0.2) is 43.1 Å². The van der Waals surface area contributed by atoms with Gasteiger partial charge in [0.15, 0.2) is 6.79 Å². The molecule has 0 bridgehead atoms. The molecular weight excluding hydrogens is 154 g/mol. The monoisotopic (exact) mass is 172 g/mol. The first-order chi connectivity index (χ1) is 5.56. The van der Waals surface area contributed by atoms with E-state index >= 15 is 0 Å². The van der Waals surface area contributed by atoms with E-state index in [0.717, 1.165) is 22.7 Å². The quantitative estimate of drug-likeness (QED) is 0.293. The number of allylic oxidation sites excluding steroid dienone is 1. The third-order valence-electron chi connectivity index (χ3n) is 2.51. The zero-order chi connectivity index (χ0) is 9.19. The summed E-state index contributed by atoms with van der Waals surface area (Å²) < 4.78 is 6.01. The van der Waals surface area contributed by atoms with E-state index in [2.05, 4.69) is 14.1 Å². The third kappa shape index (κ3) is 2.50. The van der Waals surface area contributed by atoms with Gasteiger partial charge >= 0.3 is 0 Å². The maximum atomic E-state index is 8.45. The number of aliphatic hydroxyl groups excluding tert-OH is 1. The van der Waals surface area contributed by atoms with Gasteiger partial charge in [-0.2, -0.15) is 0 Å². The molecule has 0 saturated carbocycles. The molecule has 1 saturated heterocycles. The summed E-state index contributed by atoms with van der Waals surface area (Å²) in [5.74, 6) is 0.824. The summed E-state index contributed by atoms with van der Waals surface area (Å²) in [7, 11) is 4.45. The minimum absolute atomic E-state index is 0.217. The van der Waals surface area contributed by atoms with Crippen molar-refractivity contribution in [3.63, 3.8) is 0 Å². The Morgan fingerprint density at radius 3 is 2.67 bits per heavy atom. The third-order valence-corrected chi connectivity index (χ3v) is 2.51. The van der Waals surface area contributed by atoms with Crippen molar-refractivity contribution < 1.29 is 14.3 Å². The van der Waals surface area contributed by atoms with Gasteiger partial charge in [0.25, 0.3) is 0 Å². The van der Waals surface area contributed by atoms with E-state index in [0.29, 0.717) is 0 Å². The van der Waals surface area contributed by atoms with Gasteiger partial charge in [-0.15, -0.1) is 0 Å².